The van der Waals surface area contributed by atoms with Gasteiger partial charge in [0.1, 0.15) is 18.3 Å². The molecule has 0 aromatic heterocycles. The Balaban J connectivity index is 1.71. The number of ether oxygens (including phenoxy) is 2. The van der Waals surface area contributed by atoms with Gasteiger partial charge < -0.3 is 29.9 Å². The van der Waals surface area contributed by atoms with E-state index in [0.29, 0.717) is 5.92 Å². The first-order valence-electron chi connectivity index (χ1n) is 10.5. The summed E-state index contributed by atoms with van der Waals surface area (Å²) in [6, 6.07) is 0. The summed E-state index contributed by atoms with van der Waals surface area (Å²) in [5.74, 6) is 1.13. The van der Waals surface area contributed by atoms with Crippen molar-refractivity contribution in [3.8, 4) is 0 Å². The van der Waals surface area contributed by atoms with Gasteiger partial charge in [0, 0.05) is 0 Å². The van der Waals surface area contributed by atoms with Gasteiger partial charge in [-0.3, -0.25) is 0 Å². The molecule has 1 aliphatic heterocycles. The van der Waals surface area contributed by atoms with E-state index in [9.17, 15) is 20.4 Å². The molecule has 27 heavy (non-hydrogen) atoms. The predicted octanol–water partition coefficient (Wildman–Crippen LogP) is 1.82. The van der Waals surface area contributed by atoms with Crippen LogP contribution in [0.5, 0.6) is 0 Å². The summed E-state index contributed by atoms with van der Waals surface area (Å²) in [5, 5.41) is 40.7. The number of rotatable bonds is 3. The zero-order valence-electron chi connectivity index (χ0n) is 17.3. The second kappa shape index (κ2) is 7.54. The first-order chi connectivity index (χ1) is 12.5. The molecule has 10 atom stereocenters. The van der Waals surface area contributed by atoms with E-state index in [1.165, 1.54) is 0 Å². The van der Waals surface area contributed by atoms with Crippen LogP contribution in [0.3, 0.4) is 0 Å². The minimum Gasteiger partial charge on any atom is -0.393 e. The molecule has 3 fully saturated rings. The number of hydrogen-bond acceptors (Lipinski definition) is 6. The maximum Gasteiger partial charge on any atom is 0.187 e. The Hall–Kier alpha value is -0.240. The van der Waals surface area contributed by atoms with Crippen molar-refractivity contribution in [3.05, 3.63) is 0 Å². The highest BCUT2D eigenvalue weighted by atomic mass is 16.7. The van der Waals surface area contributed by atoms with Crippen LogP contribution in [0, 0.1) is 23.2 Å². The molecule has 0 amide bonds. The molecule has 0 radical (unpaired) electrons. The fraction of sp³-hybridized carbons (Fsp3) is 1.00. The van der Waals surface area contributed by atoms with Crippen molar-refractivity contribution < 1.29 is 29.9 Å². The summed E-state index contributed by atoms with van der Waals surface area (Å²) in [5.41, 5.74) is -0.406. The molecule has 4 N–H and O–H groups in total. The molecule has 10 unspecified atom stereocenters. The summed E-state index contributed by atoms with van der Waals surface area (Å²) in [6.07, 6.45) is -0.451. The second-order valence-corrected chi connectivity index (χ2v) is 9.91. The van der Waals surface area contributed by atoms with Crippen molar-refractivity contribution in [2.45, 2.75) is 109 Å². The highest BCUT2D eigenvalue weighted by Gasteiger charge is 2.55. The second-order valence-electron chi connectivity index (χ2n) is 9.91. The minimum atomic E-state index is -1.28. The van der Waals surface area contributed by atoms with E-state index in [2.05, 4.69) is 13.8 Å². The first kappa shape index (κ1) is 21.5. The lowest BCUT2D eigenvalue weighted by Gasteiger charge is -2.49. The maximum absolute atomic E-state index is 10.5. The molecule has 3 aliphatic rings. The Morgan fingerprint density at radius 3 is 2.26 bits per heavy atom. The van der Waals surface area contributed by atoms with Crippen molar-refractivity contribution in [2.24, 2.45) is 23.2 Å². The number of aliphatic hydroxyl groups is 4. The predicted molar refractivity (Wildman–Crippen MR) is 101 cm³/mol. The zero-order chi connectivity index (χ0) is 20.1. The lowest BCUT2D eigenvalue weighted by atomic mass is 9.58. The summed E-state index contributed by atoms with van der Waals surface area (Å²) in [7, 11) is 0. The van der Waals surface area contributed by atoms with Gasteiger partial charge in [0.2, 0.25) is 0 Å². The Morgan fingerprint density at radius 1 is 0.926 bits per heavy atom. The molecule has 6 nitrogen and oxygen atoms in total. The first-order valence-corrected chi connectivity index (χ1v) is 10.5. The van der Waals surface area contributed by atoms with Gasteiger partial charge in [0.15, 0.2) is 6.29 Å². The van der Waals surface area contributed by atoms with Crippen LogP contribution in [-0.4, -0.2) is 62.8 Å². The molecule has 0 bridgehead atoms. The molecule has 0 aromatic rings. The van der Waals surface area contributed by atoms with Crippen molar-refractivity contribution in [3.63, 3.8) is 0 Å². The molecular weight excluding hydrogens is 348 g/mol. The lowest BCUT2D eigenvalue weighted by Crippen LogP contribution is -2.59. The number of aliphatic hydroxyl groups excluding tert-OH is 4. The topological polar surface area (TPSA) is 99.4 Å². The van der Waals surface area contributed by atoms with Crippen LogP contribution in [-0.2, 0) is 9.47 Å². The summed E-state index contributed by atoms with van der Waals surface area (Å²) in [4.78, 5) is 0. The highest BCUT2D eigenvalue weighted by Crippen LogP contribution is 2.59. The maximum atomic E-state index is 10.5. The average Bonchev–Trinajstić information content (AvgIpc) is 3.07. The Labute approximate surface area is 162 Å². The summed E-state index contributed by atoms with van der Waals surface area (Å²) in [6.45, 7) is 10.2. The van der Waals surface area contributed by atoms with E-state index in [1.807, 2.05) is 13.8 Å². The Kier molecular flexibility index (Phi) is 6.00. The van der Waals surface area contributed by atoms with Crippen molar-refractivity contribution in [2.75, 3.05) is 0 Å². The van der Waals surface area contributed by atoms with Crippen LogP contribution in [0.4, 0.5) is 0 Å². The van der Waals surface area contributed by atoms with Crippen LogP contribution in [0.2, 0.25) is 0 Å². The van der Waals surface area contributed by atoms with Crippen LogP contribution in [0.25, 0.3) is 0 Å². The van der Waals surface area contributed by atoms with E-state index in [-0.39, 0.29) is 23.4 Å². The smallest absolute Gasteiger partial charge is 0.187 e. The van der Waals surface area contributed by atoms with Crippen molar-refractivity contribution >= 4 is 0 Å². The van der Waals surface area contributed by atoms with Gasteiger partial charge in [-0.15, -0.1) is 0 Å². The molecule has 0 aromatic carbocycles. The zero-order valence-corrected chi connectivity index (χ0v) is 17.3. The normalized spacial score (nSPS) is 51.7. The standard InChI is InChI=1S/C21H38O6/c1-11-6-7-15(22)12(2)21(11)9-8-14(10-21)20(4,5)27-19-18(25)17(24)16(23)13(3)26-19/h11-19,22-25H,6-10H2,1-5H3. The molecule has 2 saturated carbocycles. The monoisotopic (exact) mass is 386 g/mol. The molecule has 6 heteroatoms. The van der Waals surface area contributed by atoms with Crippen LogP contribution in [0.15, 0.2) is 0 Å². The summed E-state index contributed by atoms with van der Waals surface area (Å²) >= 11 is 0. The average molecular weight is 387 g/mol. The van der Waals surface area contributed by atoms with Gasteiger partial charge >= 0.3 is 0 Å². The Bertz CT molecular complexity index is 525. The SMILES string of the molecule is CC1OC(OC(C)(C)C2CCC3(C2)C(C)CCC(O)C3C)C(O)C(O)C1O. The molecule has 1 spiro atoms. The minimum absolute atomic E-state index is 0.137. The largest absolute Gasteiger partial charge is 0.393 e. The van der Waals surface area contributed by atoms with E-state index in [4.69, 9.17) is 9.47 Å². The fourth-order valence-electron chi connectivity index (χ4n) is 5.86. The van der Waals surface area contributed by atoms with Crippen molar-refractivity contribution in [1.29, 1.82) is 0 Å². The molecule has 158 valence electrons. The lowest BCUT2D eigenvalue weighted by molar-refractivity contribution is -0.322. The van der Waals surface area contributed by atoms with Crippen molar-refractivity contribution in [1.82, 2.24) is 0 Å². The molecule has 3 rings (SSSR count). The van der Waals surface area contributed by atoms with Gasteiger partial charge in [-0.25, -0.2) is 0 Å². The van der Waals surface area contributed by atoms with E-state index < -0.39 is 36.3 Å². The van der Waals surface area contributed by atoms with E-state index in [1.54, 1.807) is 6.92 Å². The van der Waals surface area contributed by atoms with Crippen LogP contribution >= 0.6 is 0 Å². The van der Waals surface area contributed by atoms with Crippen LogP contribution < -0.4 is 0 Å². The third-order valence-corrected chi connectivity index (χ3v) is 8.16. The van der Waals surface area contributed by atoms with Gasteiger partial charge in [0.05, 0.1) is 17.8 Å². The fourth-order valence-corrected chi connectivity index (χ4v) is 5.86. The molecular formula is C21H38O6. The highest BCUT2D eigenvalue weighted by molar-refractivity contribution is 5.04. The van der Waals surface area contributed by atoms with E-state index in [0.717, 1.165) is 32.1 Å². The van der Waals surface area contributed by atoms with E-state index >= 15 is 0 Å². The number of hydrogen-bond donors (Lipinski definition) is 4. The van der Waals surface area contributed by atoms with Crippen LogP contribution in [0.1, 0.15) is 66.7 Å². The molecule has 1 heterocycles. The van der Waals surface area contributed by atoms with Gasteiger partial charge in [-0.05, 0) is 76.0 Å². The quantitative estimate of drug-likeness (QED) is 0.591. The third-order valence-electron chi connectivity index (χ3n) is 8.16. The summed E-state index contributed by atoms with van der Waals surface area (Å²) < 4.78 is 11.8. The Morgan fingerprint density at radius 2 is 1.59 bits per heavy atom. The molecule has 1 saturated heterocycles. The third kappa shape index (κ3) is 3.69. The molecule has 2 aliphatic carbocycles. The van der Waals surface area contributed by atoms with Gasteiger partial charge in [-0.2, -0.15) is 0 Å². The van der Waals surface area contributed by atoms with Gasteiger partial charge in [0.25, 0.3) is 0 Å². The van der Waals surface area contributed by atoms with Gasteiger partial charge in [-0.1, -0.05) is 13.8 Å².